The molecule has 0 aliphatic carbocycles. The van der Waals surface area contributed by atoms with Crippen molar-refractivity contribution in [2.75, 3.05) is 11.9 Å². The molecule has 0 fully saturated rings. The fraction of sp³-hybridized carbons (Fsp3) is 0.296. The van der Waals surface area contributed by atoms with Crippen molar-refractivity contribution in [1.82, 2.24) is 4.31 Å². The number of benzene rings is 3. The Morgan fingerprint density at radius 2 is 1.61 bits per heavy atom. The number of nitrogens with one attached hydrogen (secondary N) is 1. The number of nitrogens with zero attached hydrogens (tertiary/aromatic N) is 1. The maximum Gasteiger partial charge on any atom is 0.243 e. The lowest BCUT2D eigenvalue weighted by Crippen LogP contribution is -2.37. The molecule has 0 bridgehead atoms. The Labute approximate surface area is 197 Å². The Morgan fingerprint density at radius 1 is 0.939 bits per heavy atom. The van der Waals surface area contributed by atoms with Gasteiger partial charge in [-0.25, -0.2) is 8.42 Å². The maximum absolute atomic E-state index is 13.5. The molecule has 174 valence electrons. The second kappa shape index (κ2) is 10.8. The lowest BCUT2D eigenvalue weighted by Gasteiger charge is -2.22. The van der Waals surface area contributed by atoms with E-state index < -0.39 is 10.0 Å². The fourth-order valence-electron chi connectivity index (χ4n) is 3.53. The van der Waals surface area contributed by atoms with E-state index in [1.807, 2.05) is 68.4 Å². The van der Waals surface area contributed by atoms with Gasteiger partial charge >= 0.3 is 0 Å². The highest BCUT2D eigenvalue weighted by Gasteiger charge is 2.27. The highest BCUT2D eigenvalue weighted by atomic mass is 32.2. The zero-order valence-electron chi connectivity index (χ0n) is 19.7. The molecule has 0 unspecified atom stereocenters. The number of rotatable bonds is 9. The Morgan fingerprint density at radius 3 is 2.21 bits per heavy atom. The molecule has 1 N–H and O–H groups in total. The van der Waals surface area contributed by atoms with Crippen molar-refractivity contribution in [3.05, 3.63) is 95.1 Å². The minimum Gasteiger partial charge on any atom is -0.325 e. The number of carbonyl (C=O) groups is 1. The molecule has 5 nitrogen and oxygen atoms in total. The van der Waals surface area contributed by atoms with Crippen LogP contribution in [0.4, 0.5) is 5.69 Å². The third-order valence-electron chi connectivity index (χ3n) is 6.01. The minimum absolute atomic E-state index is 0.108. The van der Waals surface area contributed by atoms with Crippen molar-refractivity contribution in [2.45, 2.75) is 51.5 Å². The minimum atomic E-state index is -3.87. The molecular formula is C27H32N2O3S. The molecular weight excluding hydrogens is 432 g/mol. The summed E-state index contributed by atoms with van der Waals surface area (Å²) in [4.78, 5) is 13.1. The largest absolute Gasteiger partial charge is 0.325 e. The monoisotopic (exact) mass is 464 g/mol. The van der Waals surface area contributed by atoms with Crippen LogP contribution in [-0.2, 0) is 21.4 Å². The van der Waals surface area contributed by atoms with Gasteiger partial charge in [-0.3, -0.25) is 4.79 Å². The van der Waals surface area contributed by atoms with Gasteiger partial charge in [-0.2, -0.15) is 4.31 Å². The van der Waals surface area contributed by atoms with Gasteiger partial charge in [0.2, 0.25) is 15.9 Å². The van der Waals surface area contributed by atoms with E-state index in [0.29, 0.717) is 11.6 Å². The van der Waals surface area contributed by atoms with Crippen LogP contribution in [0.2, 0.25) is 0 Å². The summed E-state index contributed by atoms with van der Waals surface area (Å²) in [5.41, 5.74) is 4.58. The summed E-state index contributed by atoms with van der Waals surface area (Å²) in [6, 6.07) is 22.1. The van der Waals surface area contributed by atoms with E-state index in [-0.39, 0.29) is 23.9 Å². The Hall–Kier alpha value is -2.96. The second-order valence-corrected chi connectivity index (χ2v) is 10.4. The molecule has 0 aliphatic rings. The summed E-state index contributed by atoms with van der Waals surface area (Å²) < 4.78 is 28.2. The molecule has 0 heterocycles. The van der Waals surface area contributed by atoms with Gasteiger partial charge in [0, 0.05) is 12.2 Å². The molecule has 0 aliphatic heterocycles. The molecule has 33 heavy (non-hydrogen) atoms. The lowest BCUT2D eigenvalue weighted by molar-refractivity contribution is -0.116. The number of aryl methyl sites for hydroxylation is 2. The van der Waals surface area contributed by atoms with Crippen LogP contribution in [0.3, 0.4) is 0 Å². The van der Waals surface area contributed by atoms with E-state index in [1.54, 1.807) is 18.2 Å². The predicted octanol–water partition coefficient (Wildman–Crippen LogP) is 5.65. The molecule has 6 heteroatoms. The summed E-state index contributed by atoms with van der Waals surface area (Å²) in [7, 11) is -3.87. The molecule has 1 amide bonds. The van der Waals surface area contributed by atoms with E-state index in [4.69, 9.17) is 0 Å². The fourth-order valence-corrected chi connectivity index (χ4v) is 5.00. The first-order valence-electron chi connectivity index (χ1n) is 11.2. The lowest BCUT2D eigenvalue weighted by atomic mass is 9.99. The molecule has 1 atom stereocenters. The molecule has 0 radical (unpaired) electrons. The van der Waals surface area contributed by atoms with E-state index >= 15 is 0 Å². The highest BCUT2D eigenvalue weighted by molar-refractivity contribution is 7.89. The van der Waals surface area contributed by atoms with E-state index in [2.05, 4.69) is 19.2 Å². The summed E-state index contributed by atoms with van der Waals surface area (Å²) in [6.45, 7) is 7.94. The third-order valence-corrected chi connectivity index (χ3v) is 7.80. The molecule has 3 aromatic carbocycles. The van der Waals surface area contributed by atoms with Gasteiger partial charge in [-0.15, -0.1) is 0 Å². The Balaban J connectivity index is 1.83. The Bertz CT molecular complexity index is 1190. The average molecular weight is 465 g/mol. The number of anilines is 1. The van der Waals surface area contributed by atoms with Gasteiger partial charge in [0.1, 0.15) is 0 Å². The zero-order valence-corrected chi connectivity index (χ0v) is 20.5. The molecule has 3 rings (SSSR count). The Kier molecular flexibility index (Phi) is 8.06. The van der Waals surface area contributed by atoms with Crippen LogP contribution >= 0.6 is 0 Å². The molecule has 0 spiro atoms. The number of hydrogen-bond donors (Lipinski definition) is 1. The van der Waals surface area contributed by atoms with Crippen LogP contribution in [0.25, 0.3) is 0 Å². The van der Waals surface area contributed by atoms with Crippen molar-refractivity contribution >= 4 is 21.6 Å². The van der Waals surface area contributed by atoms with Crippen molar-refractivity contribution in [1.29, 1.82) is 0 Å². The molecule has 0 saturated heterocycles. The van der Waals surface area contributed by atoms with Crippen LogP contribution in [0.1, 0.15) is 48.4 Å². The van der Waals surface area contributed by atoms with Gasteiger partial charge in [0.25, 0.3) is 0 Å². The van der Waals surface area contributed by atoms with Crippen LogP contribution < -0.4 is 5.32 Å². The quantitative estimate of drug-likeness (QED) is 0.445. The number of amides is 1. The summed E-state index contributed by atoms with van der Waals surface area (Å²) in [5.74, 6) is 0.0638. The zero-order chi connectivity index (χ0) is 24.0. The standard InChI is InChI=1S/C27H32N2O3S/c1-5-20(2)24-12-14-25(15-13-24)28-27(30)19-29(18-23-9-7-6-8-10-23)33(31,32)26-16-11-21(3)22(4)17-26/h6-17,20H,5,18-19H2,1-4H3,(H,28,30)/t20-/m1/s1. The van der Waals surface area contributed by atoms with Crippen molar-refractivity contribution in [3.63, 3.8) is 0 Å². The number of hydrogen-bond acceptors (Lipinski definition) is 3. The van der Waals surface area contributed by atoms with E-state index in [1.165, 1.54) is 9.87 Å². The van der Waals surface area contributed by atoms with Gasteiger partial charge in [0.05, 0.1) is 11.4 Å². The number of carbonyl (C=O) groups excluding carboxylic acids is 1. The normalized spacial score (nSPS) is 12.5. The summed E-state index contributed by atoms with van der Waals surface area (Å²) >= 11 is 0. The van der Waals surface area contributed by atoms with Crippen molar-refractivity contribution in [2.24, 2.45) is 0 Å². The SMILES string of the molecule is CC[C@@H](C)c1ccc(NC(=O)CN(Cc2ccccc2)S(=O)(=O)c2ccc(C)c(C)c2)cc1. The van der Waals surface area contributed by atoms with Crippen LogP contribution in [0.15, 0.2) is 77.7 Å². The van der Waals surface area contributed by atoms with Gasteiger partial charge in [0.15, 0.2) is 0 Å². The first-order chi connectivity index (χ1) is 15.7. The molecule has 3 aromatic rings. The summed E-state index contributed by atoms with van der Waals surface area (Å²) in [6.07, 6.45) is 1.04. The maximum atomic E-state index is 13.5. The second-order valence-electron chi connectivity index (χ2n) is 8.48. The average Bonchev–Trinajstić information content (AvgIpc) is 2.81. The van der Waals surface area contributed by atoms with Crippen LogP contribution in [0.5, 0.6) is 0 Å². The van der Waals surface area contributed by atoms with Crippen molar-refractivity contribution < 1.29 is 13.2 Å². The van der Waals surface area contributed by atoms with E-state index in [9.17, 15) is 13.2 Å². The van der Waals surface area contributed by atoms with Gasteiger partial charge in [-0.05, 0) is 72.7 Å². The highest BCUT2D eigenvalue weighted by Crippen LogP contribution is 2.23. The topological polar surface area (TPSA) is 66.5 Å². The van der Waals surface area contributed by atoms with Crippen LogP contribution in [-0.4, -0.2) is 25.2 Å². The first-order valence-corrected chi connectivity index (χ1v) is 12.7. The van der Waals surface area contributed by atoms with E-state index in [0.717, 1.165) is 23.1 Å². The van der Waals surface area contributed by atoms with Crippen molar-refractivity contribution in [3.8, 4) is 0 Å². The summed E-state index contributed by atoms with van der Waals surface area (Å²) in [5, 5.41) is 2.84. The first kappa shape index (κ1) is 24.7. The van der Waals surface area contributed by atoms with Gasteiger partial charge < -0.3 is 5.32 Å². The third kappa shape index (κ3) is 6.30. The van der Waals surface area contributed by atoms with Gasteiger partial charge in [-0.1, -0.05) is 62.4 Å². The smallest absolute Gasteiger partial charge is 0.243 e. The number of sulfonamides is 1. The molecule has 0 aromatic heterocycles. The molecule has 0 saturated carbocycles. The predicted molar refractivity (Wildman–Crippen MR) is 134 cm³/mol. The van der Waals surface area contributed by atoms with Crippen LogP contribution in [0, 0.1) is 13.8 Å².